The van der Waals surface area contributed by atoms with Crippen LogP contribution in [0, 0.1) is 10.1 Å². The molecule has 7 heteroatoms. The van der Waals surface area contributed by atoms with Gasteiger partial charge in [-0.25, -0.2) is 0 Å². The zero-order valence-corrected chi connectivity index (χ0v) is 14.2. The van der Waals surface area contributed by atoms with Crippen LogP contribution in [0.5, 0.6) is 5.75 Å². The van der Waals surface area contributed by atoms with Gasteiger partial charge in [-0.1, -0.05) is 29.8 Å². The van der Waals surface area contributed by atoms with Crippen molar-refractivity contribution in [1.82, 2.24) is 0 Å². The van der Waals surface area contributed by atoms with E-state index in [1.807, 2.05) is 0 Å². The Morgan fingerprint density at radius 1 is 1.04 bits per heavy atom. The zero-order chi connectivity index (χ0) is 19.1. The fraction of sp³-hybridized carbons (Fsp3) is 0.0526. The number of halogens is 1. The lowest BCUT2D eigenvalue weighted by Gasteiger charge is -1.98. The molecule has 0 aliphatic carbocycles. The monoisotopic (exact) mass is 371 g/mol. The number of phenolic OH excluding ortho intramolecular Hbond substituents is 1. The van der Waals surface area contributed by atoms with Crippen molar-refractivity contribution in [3.05, 3.63) is 80.9 Å². The Bertz CT molecular complexity index is 901. The summed E-state index contributed by atoms with van der Waals surface area (Å²) in [6, 6.07) is 10.1. The van der Waals surface area contributed by atoms with E-state index in [0.717, 1.165) is 6.08 Å². The summed E-state index contributed by atoms with van der Waals surface area (Å²) in [5, 5.41) is 20.2. The maximum atomic E-state index is 11.9. The van der Waals surface area contributed by atoms with Gasteiger partial charge in [0.25, 0.3) is 5.69 Å². The van der Waals surface area contributed by atoms with Crippen LogP contribution >= 0.6 is 11.6 Å². The summed E-state index contributed by atoms with van der Waals surface area (Å²) >= 11 is 5.94. The highest BCUT2D eigenvalue weighted by Crippen LogP contribution is 2.23. The van der Waals surface area contributed by atoms with Gasteiger partial charge < -0.3 is 5.11 Å². The second-order valence-electron chi connectivity index (χ2n) is 5.33. The Hall–Kier alpha value is -3.25. The van der Waals surface area contributed by atoms with Crippen LogP contribution in [0.25, 0.3) is 12.2 Å². The average Bonchev–Trinajstić information content (AvgIpc) is 2.60. The van der Waals surface area contributed by atoms with Crippen LogP contribution in [0.2, 0.25) is 5.02 Å². The van der Waals surface area contributed by atoms with Gasteiger partial charge in [0, 0.05) is 17.2 Å². The molecule has 2 rings (SSSR count). The third-order valence-corrected chi connectivity index (χ3v) is 3.69. The number of non-ortho nitro benzene ring substituents is 1. The molecule has 0 bridgehead atoms. The van der Waals surface area contributed by atoms with E-state index in [-0.39, 0.29) is 22.9 Å². The van der Waals surface area contributed by atoms with Crippen LogP contribution in [-0.4, -0.2) is 21.6 Å². The van der Waals surface area contributed by atoms with Gasteiger partial charge in [0.15, 0.2) is 11.6 Å². The molecule has 0 saturated heterocycles. The minimum absolute atomic E-state index is 0.119. The van der Waals surface area contributed by atoms with Crippen molar-refractivity contribution in [2.45, 2.75) is 6.42 Å². The third-order valence-electron chi connectivity index (χ3n) is 3.34. The smallest absolute Gasteiger partial charge is 0.270 e. The number of hydrogen-bond acceptors (Lipinski definition) is 5. The van der Waals surface area contributed by atoms with Crippen LogP contribution in [0.4, 0.5) is 5.69 Å². The van der Waals surface area contributed by atoms with E-state index in [1.165, 1.54) is 48.6 Å². The van der Waals surface area contributed by atoms with Crippen LogP contribution in [-0.2, 0) is 9.59 Å². The topological polar surface area (TPSA) is 97.5 Å². The molecule has 0 radical (unpaired) electrons. The summed E-state index contributed by atoms with van der Waals surface area (Å²) in [5.74, 6) is -0.723. The number of carbonyl (C=O) groups is 2. The molecule has 0 heterocycles. The Kier molecular flexibility index (Phi) is 6.41. The summed E-state index contributed by atoms with van der Waals surface area (Å²) in [4.78, 5) is 33.9. The molecule has 0 aliphatic rings. The summed E-state index contributed by atoms with van der Waals surface area (Å²) in [6.07, 6.45) is 4.98. The number of nitro groups is 1. The molecule has 0 amide bonds. The second kappa shape index (κ2) is 8.73. The van der Waals surface area contributed by atoms with Gasteiger partial charge in [-0.2, -0.15) is 0 Å². The number of ketones is 2. The normalized spacial score (nSPS) is 11.1. The van der Waals surface area contributed by atoms with E-state index in [9.17, 15) is 24.8 Å². The first kappa shape index (κ1) is 19.1. The molecule has 0 saturated carbocycles. The van der Waals surface area contributed by atoms with Crippen molar-refractivity contribution in [2.24, 2.45) is 0 Å². The predicted octanol–water partition coefficient (Wildman–Crippen LogP) is 4.21. The SMILES string of the molecule is O=C(C=Cc1ccc(O)cc1)CC(=O)C=Cc1cc([N+](=O)[O-])ccc1Cl. The van der Waals surface area contributed by atoms with Gasteiger partial charge >= 0.3 is 0 Å². The van der Waals surface area contributed by atoms with Gasteiger partial charge in [-0.15, -0.1) is 0 Å². The first-order valence-corrected chi connectivity index (χ1v) is 7.88. The molecule has 2 aromatic carbocycles. The maximum absolute atomic E-state index is 11.9. The molecule has 0 spiro atoms. The minimum Gasteiger partial charge on any atom is -0.508 e. The van der Waals surface area contributed by atoms with E-state index in [1.54, 1.807) is 12.1 Å². The van der Waals surface area contributed by atoms with E-state index >= 15 is 0 Å². The number of hydrogen-bond donors (Lipinski definition) is 1. The molecule has 132 valence electrons. The molecule has 0 aromatic heterocycles. The summed E-state index contributed by atoms with van der Waals surface area (Å²) in [7, 11) is 0. The van der Waals surface area contributed by atoms with Crippen molar-refractivity contribution in [3.63, 3.8) is 0 Å². The summed E-state index contributed by atoms with van der Waals surface area (Å²) in [6.45, 7) is 0. The average molecular weight is 372 g/mol. The Balaban J connectivity index is 1.98. The molecular formula is C19H14ClNO5. The number of aromatic hydroxyl groups is 1. The molecule has 2 aromatic rings. The standard InChI is InChI=1S/C19H14ClNO5/c20-19-10-5-15(21(25)26)11-14(19)4-9-18(24)12-17(23)8-3-13-1-6-16(22)7-2-13/h1-11,22H,12H2. The lowest BCUT2D eigenvalue weighted by Crippen LogP contribution is -2.01. The highest BCUT2D eigenvalue weighted by atomic mass is 35.5. The quantitative estimate of drug-likeness (QED) is 0.340. The van der Waals surface area contributed by atoms with Crippen molar-refractivity contribution in [1.29, 1.82) is 0 Å². The maximum Gasteiger partial charge on any atom is 0.270 e. The highest BCUT2D eigenvalue weighted by molar-refractivity contribution is 6.32. The predicted molar refractivity (Wildman–Crippen MR) is 98.9 cm³/mol. The molecular weight excluding hydrogens is 358 g/mol. The lowest BCUT2D eigenvalue weighted by molar-refractivity contribution is -0.384. The molecule has 1 N–H and O–H groups in total. The van der Waals surface area contributed by atoms with Gasteiger partial charge in [0.05, 0.1) is 11.3 Å². The Morgan fingerprint density at radius 2 is 1.65 bits per heavy atom. The number of allylic oxidation sites excluding steroid dienone is 2. The highest BCUT2D eigenvalue weighted by Gasteiger charge is 2.09. The summed E-state index contributed by atoms with van der Waals surface area (Å²) < 4.78 is 0. The van der Waals surface area contributed by atoms with Crippen LogP contribution in [0.15, 0.2) is 54.6 Å². The molecule has 6 nitrogen and oxygen atoms in total. The fourth-order valence-electron chi connectivity index (χ4n) is 2.02. The van der Waals surface area contributed by atoms with Crippen molar-refractivity contribution in [2.75, 3.05) is 0 Å². The number of nitrogens with zero attached hydrogens (tertiary/aromatic N) is 1. The number of phenols is 1. The molecule has 0 unspecified atom stereocenters. The number of nitro benzene ring substituents is 1. The van der Waals surface area contributed by atoms with E-state index < -0.39 is 16.5 Å². The number of benzene rings is 2. The van der Waals surface area contributed by atoms with Crippen LogP contribution < -0.4 is 0 Å². The first-order chi connectivity index (χ1) is 12.3. The third kappa shape index (κ3) is 5.68. The largest absolute Gasteiger partial charge is 0.508 e. The fourth-order valence-corrected chi connectivity index (χ4v) is 2.20. The Labute approximate surface area is 154 Å². The van der Waals surface area contributed by atoms with Gasteiger partial charge in [0.1, 0.15) is 5.75 Å². The van der Waals surface area contributed by atoms with E-state index in [4.69, 9.17) is 11.6 Å². The van der Waals surface area contributed by atoms with E-state index in [0.29, 0.717) is 11.1 Å². The van der Waals surface area contributed by atoms with Gasteiger partial charge in [0.2, 0.25) is 0 Å². The van der Waals surface area contributed by atoms with E-state index in [2.05, 4.69) is 0 Å². The van der Waals surface area contributed by atoms with Crippen molar-refractivity contribution in [3.8, 4) is 5.75 Å². The Morgan fingerprint density at radius 3 is 2.27 bits per heavy atom. The molecule has 26 heavy (non-hydrogen) atoms. The summed E-state index contributed by atoms with van der Waals surface area (Å²) in [5.41, 5.74) is 0.887. The molecule has 0 atom stereocenters. The molecule has 0 fully saturated rings. The van der Waals surface area contributed by atoms with Crippen molar-refractivity contribution < 1.29 is 19.6 Å². The lowest BCUT2D eigenvalue weighted by atomic mass is 10.1. The second-order valence-corrected chi connectivity index (χ2v) is 5.74. The van der Waals surface area contributed by atoms with Crippen LogP contribution in [0.1, 0.15) is 17.5 Å². The molecule has 0 aliphatic heterocycles. The minimum atomic E-state index is -0.562. The van der Waals surface area contributed by atoms with Gasteiger partial charge in [-0.05, 0) is 47.6 Å². The van der Waals surface area contributed by atoms with Crippen LogP contribution in [0.3, 0.4) is 0 Å². The van der Waals surface area contributed by atoms with Gasteiger partial charge in [-0.3, -0.25) is 19.7 Å². The first-order valence-electron chi connectivity index (χ1n) is 7.50. The number of rotatable bonds is 7. The zero-order valence-electron chi connectivity index (χ0n) is 13.5. The number of carbonyl (C=O) groups excluding carboxylic acids is 2. The van der Waals surface area contributed by atoms with Crippen molar-refractivity contribution >= 4 is 41.0 Å².